The van der Waals surface area contributed by atoms with Gasteiger partial charge in [0.25, 0.3) is 0 Å². The Balaban J connectivity index is 1.70. The van der Waals surface area contributed by atoms with Crippen LogP contribution in [0.4, 0.5) is 0 Å². The molecule has 88 valence electrons. The smallest absolute Gasteiger partial charge is 0.0655 e. The second-order valence-electron chi connectivity index (χ2n) is 5.99. The lowest BCUT2D eigenvalue weighted by molar-refractivity contribution is -0.118. The van der Waals surface area contributed by atoms with Gasteiger partial charge in [-0.05, 0) is 25.2 Å². The van der Waals surface area contributed by atoms with Gasteiger partial charge >= 0.3 is 0 Å². The van der Waals surface area contributed by atoms with Crippen molar-refractivity contribution in [3.05, 3.63) is 0 Å². The quantitative estimate of drug-likeness (QED) is 0.779. The van der Waals surface area contributed by atoms with E-state index in [1.165, 1.54) is 32.1 Å². The zero-order chi connectivity index (χ0) is 10.9. The standard InChI is InChI=1S/C13H25NO/c1-13(2)11(14)8-12(13)15-9-10-6-4-3-5-7-10/h10-12H,3-9,14H2,1-2H3. The average molecular weight is 211 g/mol. The molecule has 2 saturated carbocycles. The van der Waals surface area contributed by atoms with Crippen LogP contribution in [0.3, 0.4) is 0 Å². The SMILES string of the molecule is CC1(C)C(N)CC1OCC1CCCCC1. The highest BCUT2D eigenvalue weighted by molar-refractivity contribution is 5.00. The number of hydrogen-bond donors (Lipinski definition) is 1. The minimum atomic E-state index is 0.203. The molecule has 0 radical (unpaired) electrons. The number of nitrogens with two attached hydrogens (primary N) is 1. The third kappa shape index (κ3) is 2.36. The maximum absolute atomic E-state index is 6.02. The van der Waals surface area contributed by atoms with E-state index >= 15 is 0 Å². The van der Waals surface area contributed by atoms with Crippen molar-refractivity contribution in [1.82, 2.24) is 0 Å². The first-order valence-electron chi connectivity index (χ1n) is 6.48. The molecule has 0 spiro atoms. The molecule has 2 N–H and O–H groups in total. The molecule has 0 aromatic carbocycles. The molecule has 2 fully saturated rings. The van der Waals surface area contributed by atoms with Crippen LogP contribution in [0.5, 0.6) is 0 Å². The molecule has 0 aromatic heterocycles. The fourth-order valence-corrected chi connectivity index (χ4v) is 2.81. The van der Waals surface area contributed by atoms with Crippen LogP contribution in [0, 0.1) is 11.3 Å². The van der Waals surface area contributed by atoms with Crippen LogP contribution in [0.25, 0.3) is 0 Å². The Morgan fingerprint density at radius 2 is 1.87 bits per heavy atom. The van der Waals surface area contributed by atoms with Crippen LogP contribution in [0.15, 0.2) is 0 Å². The van der Waals surface area contributed by atoms with E-state index in [-0.39, 0.29) is 5.41 Å². The first kappa shape index (κ1) is 11.4. The monoisotopic (exact) mass is 211 g/mol. The molecule has 2 rings (SSSR count). The molecular weight excluding hydrogens is 186 g/mol. The van der Waals surface area contributed by atoms with Crippen LogP contribution in [-0.4, -0.2) is 18.8 Å². The first-order chi connectivity index (χ1) is 7.10. The van der Waals surface area contributed by atoms with E-state index in [4.69, 9.17) is 10.5 Å². The Bertz CT molecular complexity index is 209. The van der Waals surface area contributed by atoms with Gasteiger partial charge in [-0.2, -0.15) is 0 Å². The number of ether oxygens (including phenoxy) is 1. The molecule has 0 amide bonds. The van der Waals surface area contributed by atoms with Gasteiger partial charge in [0.15, 0.2) is 0 Å². The Morgan fingerprint density at radius 3 is 2.40 bits per heavy atom. The van der Waals surface area contributed by atoms with E-state index in [9.17, 15) is 0 Å². The highest BCUT2D eigenvalue weighted by atomic mass is 16.5. The normalized spacial score (nSPS) is 36.2. The van der Waals surface area contributed by atoms with Crippen LogP contribution >= 0.6 is 0 Å². The van der Waals surface area contributed by atoms with Crippen LogP contribution in [0.1, 0.15) is 52.4 Å². The molecule has 0 aliphatic heterocycles. The largest absolute Gasteiger partial charge is 0.377 e. The van der Waals surface area contributed by atoms with Gasteiger partial charge in [-0.15, -0.1) is 0 Å². The van der Waals surface area contributed by atoms with E-state index in [0.29, 0.717) is 12.1 Å². The van der Waals surface area contributed by atoms with Gasteiger partial charge in [-0.1, -0.05) is 33.1 Å². The molecule has 2 atom stereocenters. The van der Waals surface area contributed by atoms with Crippen molar-refractivity contribution < 1.29 is 4.74 Å². The summed E-state index contributed by atoms with van der Waals surface area (Å²) in [6.45, 7) is 5.43. The highest BCUT2D eigenvalue weighted by Crippen LogP contribution is 2.41. The van der Waals surface area contributed by atoms with E-state index in [2.05, 4.69) is 13.8 Å². The van der Waals surface area contributed by atoms with Crippen LogP contribution in [-0.2, 0) is 4.74 Å². The third-order valence-electron chi connectivity index (χ3n) is 4.51. The van der Waals surface area contributed by atoms with Gasteiger partial charge in [0, 0.05) is 18.1 Å². The van der Waals surface area contributed by atoms with Gasteiger partial charge in [0.2, 0.25) is 0 Å². The maximum Gasteiger partial charge on any atom is 0.0655 e. The summed E-state index contributed by atoms with van der Waals surface area (Å²) in [5, 5.41) is 0. The summed E-state index contributed by atoms with van der Waals surface area (Å²) in [7, 11) is 0. The molecule has 0 aromatic rings. The summed E-state index contributed by atoms with van der Waals surface area (Å²) in [5.74, 6) is 0.825. The van der Waals surface area contributed by atoms with Gasteiger partial charge in [-0.3, -0.25) is 0 Å². The van der Waals surface area contributed by atoms with Gasteiger partial charge < -0.3 is 10.5 Å². The Kier molecular flexibility index (Phi) is 3.36. The van der Waals surface area contributed by atoms with Crippen molar-refractivity contribution in [2.75, 3.05) is 6.61 Å². The molecule has 2 aliphatic carbocycles. The zero-order valence-electron chi connectivity index (χ0n) is 10.2. The van der Waals surface area contributed by atoms with E-state index in [1.54, 1.807) is 0 Å². The van der Waals surface area contributed by atoms with Crippen molar-refractivity contribution in [3.8, 4) is 0 Å². The Labute approximate surface area is 93.6 Å². The lowest BCUT2D eigenvalue weighted by atomic mass is 9.65. The second-order valence-corrected chi connectivity index (χ2v) is 5.99. The predicted molar refractivity (Wildman–Crippen MR) is 62.7 cm³/mol. The fourth-order valence-electron chi connectivity index (χ4n) is 2.81. The van der Waals surface area contributed by atoms with Crippen molar-refractivity contribution >= 4 is 0 Å². The fraction of sp³-hybridized carbons (Fsp3) is 1.00. The summed E-state index contributed by atoms with van der Waals surface area (Å²) in [4.78, 5) is 0. The van der Waals surface area contributed by atoms with Crippen LogP contribution in [0.2, 0.25) is 0 Å². The lowest BCUT2D eigenvalue weighted by Gasteiger charge is -2.50. The molecule has 2 unspecified atom stereocenters. The zero-order valence-corrected chi connectivity index (χ0v) is 10.2. The first-order valence-corrected chi connectivity index (χ1v) is 6.48. The molecule has 2 heteroatoms. The Hall–Kier alpha value is -0.0800. The minimum Gasteiger partial charge on any atom is -0.377 e. The topological polar surface area (TPSA) is 35.2 Å². The molecule has 0 bridgehead atoms. The van der Waals surface area contributed by atoms with E-state index in [0.717, 1.165) is 18.9 Å². The molecular formula is C13H25NO. The molecule has 2 nitrogen and oxygen atoms in total. The van der Waals surface area contributed by atoms with Crippen LogP contribution < -0.4 is 5.73 Å². The summed E-state index contributed by atoms with van der Waals surface area (Å²) in [5.41, 5.74) is 6.18. The summed E-state index contributed by atoms with van der Waals surface area (Å²) in [6, 6.07) is 0.342. The van der Waals surface area contributed by atoms with Crippen molar-refractivity contribution in [2.45, 2.75) is 64.5 Å². The van der Waals surface area contributed by atoms with E-state index < -0.39 is 0 Å². The molecule has 0 heterocycles. The van der Waals surface area contributed by atoms with Crippen molar-refractivity contribution in [2.24, 2.45) is 17.1 Å². The lowest BCUT2D eigenvalue weighted by Crippen LogP contribution is -2.59. The van der Waals surface area contributed by atoms with Gasteiger partial charge in [0.05, 0.1) is 6.10 Å². The average Bonchev–Trinajstić information content (AvgIpc) is 2.25. The molecule has 2 aliphatic rings. The highest BCUT2D eigenvalue weighted by Gasteiger charge is 2.46. The Morgan fingerprint density at radius 1 is 1.20 bits per heavy atom. The second kappa shape index (κ2) is 4.42. The summed E-state index contributed by atoms with van der Waals surface area (Å²) >= 11 is 0. The van der Waals surface area contributed by atoms with Gasteiger partial charge in [0.1, 0.15) is 0 Å². The number of hydrogen-bond acceptors (Lipinski definition) is 2. The molecule has 15 heavy (non-hydrogen) atoms. The predicted octanol–water partition coefficient (Wildman–Crippen LogP) is 2.71. The van der Waals surface area contributed by atoms with Gasteiger partial charge in [-0.25, -0.2) is 0 Å². The summed E-state index contributed by atoms with van der Waals surface area (Å²) < 4.78 is 6.02. The molecule has 0 saturated heterocycles. The minimum absolute atomic E-state index is 0.203. The maximum atomic E-state index is 6.02. The number of rotatable bonds is 3. The van der Waals surface area contributed by atoms with Crippen molar-refractivity contribution in [3.63, 3.8) is 0 Å². The van der Waals surface area contributed by atoms with E-state index in [1.807, 2.05) is 0 Å². The van der Waals surface area contributed by atoms with Crippen molar-refractivity contribution in [1.29, 1.82) is 0 Å². The third-order valence-corrected chi connectivity index (χ3v) is 4.51. The summed E-state index contributed by atoms with van der Waals surface area (Å²) in [6.07, 6.45) is 8.45.